The molecule has 1 aliphatic heterocycles. The number of anilines is 1. The van der Waals surface area contributed by atoms with Crippen molar-refractivity contribution in [2.24, 2.45) is 0 Å². The van der Waals surface area contributed by atoms with Gasteiger partial charge in [0, 0.05) is 29.1 Å². The van der Waals surface area contributed by atoms with Gasteiger partial charge in [0.1, 0.15) is 0 Å². The monoisotopic (exact) mass is 229 g/mol. The summed E-state index contributed by atoms with van der Waals surface area (Å²) in [7, 11) is -3.08. The van der Waals surface area contributed by atoms with E-state index in [1.54, 1.807) is 23.9 Å². The first-order valence-electron chi connectivity index (χ1n) is 4.28. The predicted octanol–water partition coefficient (Wildman–Crippen LogP) is 1.61. The molecule has 2 rings (SSSR count). The molecule has 0 bridgehead atoms. The van der Waals surface area contributed by atoms with E-state index in [1.165, 1.54) is 6.26 Å². The van der Waals surface area contributed by atoms with Crippen LogP contribution in [-0.4, -0.2) is 27.0 Å². The molecular formula is C9H11NO2S2. The van der Waals surface area contributed by atoms with E-state index in [0.717, 1.165) is 22.9 Å². The number of hydrogen-bond acceptors (Lipinski definition) is 4. The van der Waals surface area contributed by atoms with E-state index in [2.05, 4.69) is 5.32 Å². The molecule has 0 radical (unpaired) electrons. The Kier molecular flexibility index (Phi) is 2.45. The number of rotatable bonds is 1. The van der Waals surface area contributed by atoms with E-state index >= 15 is 0 Å². The number of benzene rings is 1. The van der Waals surface area contributed by atoms with E-state index in [4.69, 9.17) is 0 Å². The number of thioether (sulfide) groups is 1. The van der Waals surface area contributed by atoms with Crippen LogP contribution in [0.5, 0.6) is 0 Å². The van der Waals surface area contributed by atoms with Crippen LogP contribution in [0.1, 0.15) is 0 Å². The summed E-state index contributed by atoms with van der Waals surface area (Å²) >= 11 is 1.69. The third kappa shape index (κ3) is 1.88. The second kappa shape index (κ2) is 3.47. The molecule has 5 heteroatoms. The molecule has 0 spiro atoms. The zero-order chi connectivity index (χ0) is 10.2. The first-order valence-corrected chi connectivity index (χ1v) is 7.16. The van der Waals surface area contributed by atoms with Crippen LogP contribution in [0.15, 0.2) is 28.0 Å². The maximum absolute atomic E-state index is 11.3. The van der Waals surface area contributed by atoms with Gasteiger partial charge in [-0.2, -0.15) is 0 Å². The molecular weight excluding hydrogens is 218 g/mol. The van der Waals surface area contributed by atoms with Crippen molar-refractivity contribution < 1.29 is 8.42 Å². The van der Waals surface area contributed by atoms with Gasteiger partial charge in [0.05, 0.1) is 4.90 Å². The van der Waals surface area contributed by atoms with Crippen LogP contribution in [0.4, 0.5) is 5.69 Å². The molecule has 0 saturated heterocycles. The van der Waals surface area contributed by atoms with Crippen molar-refractivity contribution in [3.8, 4) is 0 Å². The Labute approximate surface area is 87.8 Å². The Bertz CT molecular complexity index is 454. The van der Waals surface area contributed by atoms with Crippen molar-refractivity contribution in [3.05, 3.63) is 18.2 Å². The van der Waals surface area contributed by atoms with Crippen LogP contribution in [0.25, 0.3) is 0 Å². The Morgan fingerprint density at radius 3 is 2.93 bits per heavy atom. The molecule has 1 aliphatic rings. The standard InChI is InChI=1S/C9H11NO2S2/c1-14(11,12)7-2-3-8-9(6-7)13-5-4-10-8/h2-3,6,10H,4-5H2,1H3. The molecule has 0 saturated carbocycles. The Hall–Kier alpha value is -0.680. The summed E-state index contributed by atoms with van der Waals surface area (Å²) in [6, 6.07) is 5.21. The molecule has 1 N–H and O–H groups in total. The van der Waals surface area contributed by atoms with Gasteiger partial charge in [-0.1, -0.05) is 0 Å². The zero-order valence-corrected chi connectivity index (χ0v) is 9.41. The van der Waals surface area contributed by atoms with Gasteiger partial charge in [-0.3, -0.25) is 0 Å². The smallest absolute Gasteiger partial charge is 0.175 e. The van der Waals surface area contributed by atoms with Crippen molar-refractivity contribution in [1.29, 1.82) is 0 Å². The van der Waals surface area contributed by atoms with Crippen molar-refractivity contribution >= 4 is 27.3 Å². The molecule has 0 fully saturated rings. The van der Waals surface area contributed by atoms with Gasteiger partial charge >= 0.3 is 0 Å². The fraction of sp³-hybridized carbons (Fsp3) is 0.333. The van der Waals surface area contributed by atoms with Gasteiger partial charge in [-0.25, -0.2) is 8.42 Å². The van der Waals surface area contributed by atoms with Gasteiger partial charge in [0.2, 0.25) is 0 Å². The van der Waals surface area contributed by atoms with Crippen LogP contribution in [0, 0.1) is 0 Å². The van der Waals surface area contributed by atoms with E-state index < -0.39 is 9.84 Å². The number of hydrogen-bond donors (Lipinski definition) is 1. The summed E-state index contributed by atoms with van der Waals surface area (Å²) in [5.74, 6) is 0.986. The molecule has 0 unspecified atom stereocenters. The molecule has 1 heterocycles. The van der Waals surface area contributed by atoms with E-state index in [0.29, 0.717) is 4.90 Å². The molecule has 0 atom stereocenters. The summed E-state index contributed by atoms with van der Waals surface area (Å²) in [5.41, 5.74) is 1.04. The van der Waals surface area contributed by atoms with Crippen LogP contribution in [-0.2, 0) is 9.84 Å². The lowest BCUT2D eigenvalue weighted by atomic mass is 10.3. The van der Waals surface area contributed by atoms with Crippen molar-refractivity contribution in [2.75, 3.05) is 23.9 Å². The number of nitrogens with one attached hydrogen (secondary N) is 1. The second-order valence-electron chi connectivity index (χ2n) is 3.21. The predicted molar refractivity (Wildman–Crippen MR) is 58.8 cm³/mol. The van der Waals surface area contributed by atoms with E-state index in [-0.39, 0.29) is 0 Å². The SMILES string of the molecule is CS(=O)(=O)c1ccc2c(c1)SCCN2. The van der Waals surface area contributed by atoms with E-state index in [9.17, 15) is 8.42 Å². The minimum absolute atomic E-state index is 0.396. The molecule has 1 aromatic carbocycles. The third-order valence-corrected chi connectivity index (χ3v) is 4.22. The summed E-state index contributed by atoms with van der Waals surface area (Å²) in [5, 5.41) is 3.23. The summed E-state index contributed by atoms with van der Waals surface area (Å²) < 4.78 is 22.6. The fourth-order valence-electron chi connectivity index (χ4n) is 1.35. The minimum atomic E-state index is -3.08. The zero-order valence-electron chi connectivity index (χ0n) is 7.78. The van der Waals surface area contributed by atoms with Crippen LogP contribution >= 0.6 is 11.8 Å². The summed E-state index contributed by atoms with van der Waals surface area (Å²) in [6.45, 7) is 0.940. The fourth-order valence-corrected chi connectivity index (χ4v) is 3.00. The lowest BCUT2D eigenvalue weighted by molar-refractivity contribution is 0.601. The van der Waals surface area contributed by atoms with Gasteiger partial charge in [0.15, 0.2) is 9.84 Å². The van der Waals surface area contributed by atoms with Gasteiger partial charge in [-0.05, 0) is 18.2 Å². The Morgan fingerprint density at radius 1 is 1.43 bits per heavy atom. The average molecular weight is 229 g/mol. The summed E-state index contributed by atoms with van der Waals surface area (Å²) in [6.07, 6.45) is 1.23. The van der Waals surface area contributed by atoms with Gasteiger partial charge < -0.3 is 5.32 Å². The summed E-state index contributed by atoms with van der Waals surface area (Å²) in [4.78, 5) is 1.42. The molecule has 0 aromatic heterocycles. The lowest BCUT2D eigenvalue weighted by Gasteiger charge is -2.17. The molecule has 14 heavy (non-hydrogen) atoms. The van der Waals surface area contributed by atoms with Crippen LogP contribution < -0.4 is 5.32 Å². The van der Waals surface area contributed by atoms with Crippen LogP contribution in [0.2, 0.25) is 0 Å². The highest BCUT2D eigenvalue weighted by Gasteiger charge is 2.13. The first-order chi connectivity index (χ1) is 6.57. The van der Waals surface area contributed by atoms with Gasteiger partial charge in [0.25, 0.3) is 0 Å². The van der Waals surface area contributed by atoms with E-state index in [1.807, 2.05) is 6.07 Å². The third-order valence-electron chi connectivity index (χ3n) is 2.06. The lowest BCUT2D eigenvalue weighted by Crippen LogP contribution is -2.10. The second-order valence-corrected chi connectivity index (χ2v) is 6.36. The van der Waals surface area contributed by atoms with Crippen LogP contribution in [0.3, 0.4) is 0 Å². The molecule has 76 valence electrons. The highest BCUT2D eigenvalue weighted by Crippen LogP contribution is 2.32. The highest BCUT2D eigenvalue weighted by atomic mass is 32.2. The maximum Gasteiger partial charge on any atom is 0.175 e. The largest absolute Gasteiger partial charge is 0.383 e. The maximum atomic E-state index is 11.3. The molecule has 0 amide bonds. The number of sulfone groups is 1. The molecule has 0 aliphatic carbocycles. The Morgan fingerprint density at radius 2 is 2.21 bits per heavy atom. The number of fused-ring (bicyclic) bond motifs is 1. The Balaban J connectivity index is 2.49. The topological polar surface area (TPSA) is 46.2 Å². The minimum Gasteiger partial charge on any atom is -0.383 e. The highest BCUT2D eigenvalue weighted by molar-refractivity contribution is 7.99. The normalized spacial score (nSPS) is 15.8. The van der Waals surface area contributed by atoms with Crippen molar-refractivity contribution in [1.82, 2.24) is 0 Å². The average Bonchev–Trinajstić information content (AvgIpc) is 2.16. The molecule has 1 aromatic rings. The molecule has 3 nitrogen and oxygen atoms in total. The quantitative estimate of drug-likeness (QED) is 0.794. The van der Waals surface area contributed by atoms with Gasteiger partial charge in [-0.15, -0.1) is 11.8 Å². The van der Waals surface area contributed by atoms with Crippen molar-refractivity contribution in [2.45, 2.75) is 9.79 Å². The van der Waals surface area contributed by atoms with Crippen molar-refractivity contribution in [3.63, 3.8) is 0 Å². The first kappa shape index (κ1) is 9.86.